The van der Waals surface area contributed by atoms with E-state index >= 15 is 0 Å². The van der Waals surface area contributed by atoms with Gasteiger partial charge in [0, 0.05) is 29.7 Å². The van der Waals surface area contributed by atoms with Crippen molar-refractivity contribution in [1.82, 2.24) is 0 Å². The molecule has 4 nitrogen and oxygen atoms in total. The maximum absolute atomic E-state index is 10.9. The van der Waals surface area contributed by atoms with Gasteiger partial charge in [0.05, 0.1) is 12.2 Å². The molecule has 0 bridgehead atoms. The lowest BCUT2D eigenvalue weighted by Crippen LogP contribution is -2.35. The summed E-state index contributed by atoms with van der Waals surface area (Å²) < 4.78 is 6.88. The van der Waals surface area contributed by atoms with E-state index in [1.54, 1.807) is 0 Å². The lowest BCUT2D eigenvalue weighted by molar-refractivity contribution is -0.115. The normalized spacial score (nSPS) is 12.6. The molecule has 2 N–H and O–H groups in total. The number of nitrogens with one attached hydrogen (secondary N) is 1. The second kappa shape index (κ2) is 12.3. The topological polar surface area (TPSA) is 58.6 Å². The van der Waals surface area contributed by atoms with Gasteiger partial charge in [0.1, 0.15) is 0 Å². The molecule has 0 spiro atoms. The van der Waals surface area contributed by atoms with E-state index in [-0.39, 0.29) is 18.0 Å². The average Bonchev–Trinajstić information content (AvgIpc) is 3.13. The molecule has 0 fully saturated rings. The number of ketones is 1. The molecule has 2 rings (SSSR count). The Morgan fingerprint density at radius 1 is 1.38 bits per heavy atom. The number of unbranched alkanes of at least 4 members (excludes halogenated alkanes) is 1. The van der Waals surface area contributed by atoms with Crippen LogP contribution in [0.5, 0.6) is 0 Å². The number of hydrogen-bond acceptors (Lipinski definition) is 4. The number of aliphatic hydroxyl groups is 1. The Morgan fingerprint density at radius 2 is 2.12 bits per heavy atom. The fraction of sp³-hybridized carbons (Fsp3) is 0.571. The molecule has 0 atom stereocenters. The maximum atomic E-state index is 10.9. The van der Waals surface area contributed by atoms with Crippen molar-refractivity contribution < 1.29 is 14.6 Å². The predicted molar refractivity (Wildman–Crippen MR) is 112 cm³/mol. The number of halogens is 1. The number of benzene rings is 1. The van der Waals surface area contributed by atoms with Crippen LogP contribution >= 0.6 is 15.9 Å². The summed E-state index contributed by atoms with van der Waals surface area (Å²) in [6.07, 6.45) is 6.35. The number of fused-ring (bicyclic) bond motifs is 1. The van der Waals surface area contributed by atoms with Crippen LogP contribution in [0.2, 0.25) is 0 Å². The number of ether oxygens (including phenoxy) is 1. The summed E-state index contributed by atoms with van der Waals surface area (Å²) in [6.45, 7) is 9.21. The predicted octanol–water partition coefficient (Wildman–Crippen LogP) is 4.90. The van der Waals surface area contributed by atoms with Crippen LogP contribution in [0.15, 0.2) is 35.3 Å². The number of hydrogen-bond donors (Lipinski definition) is 2. The molecular formula is C21H32BrNO3. The third kappa shape index (κ3) is 7.60. The summed E-state index contributed by atoms with van der Waals surface area (Å²) >= 11 is 3.44. The van der Waals surface area contributed by atoms with Gasteiger partial charge in [-0.2, -0.15) is 0 Å². The van der Waals surface area contributed by atoms with E-state index in [2.05, 4.69) is 46.0 Å². The van der Waals surface area contributed by atoms with Crippen LogP contribution in [0, 0.1) is 0 Å². The zero-order valence-electron chi connectivity index (χ0n) is 16.0. The van der Waals surface area contributed by atoms with Gasteiger partial charge in [0.2, 0.25) is 0 Å². The molecule has 0 unspecified atom stereocenters. The molecule has 0 aliphatic carbocycles. The minimum absolute atomic E-state index is 0.0611. The van der Waals surface area contributed by atoms with Crippen LogP contribution in [-0.4, -0.2) is 36.2 Å². The molecule has 1 aromatic rings. The third-order valence-corrected chi connectivity index (χ3v) is 5.30. The van der Waals surface area contributed by atoms with Crippen LogP contribution in [0.25, 0.3) is 0 Å². The van der Waals surface area contributed by atoms with Crippen molar-refractivity contribution in [3.05, 3.63) is 40.9 Å². The largest absolute Gasteiger partial charge is 0.393 e. The minimum Gasteiger partial charge on any atom is -0.393 e. The summed E-state index contributed by atoms with van der Waals surface area (Å²) in [5, 5.41) is 12.6. The van der Waals surface area contributed by atoms with Gasteiger partial charge in [-0.15, -0.1) is 0 Å². The molecule has 0 radical (unpaired) electrons. The van der Waals surface area contributed by atoms with Crippen LogP contribution in [0.4, 0.5) is 5.69 Å². The molecule has 26 heavy (non-hydrogen) atoms. The van der Waals surface area contributed by atoms with Gasteiger partial charge >= 0.3 is 0 Å². The molecule has 1 heterocycles. The van der Waals surface area contributed by atoms with Gasteiger partial charge in [0.25, 0.3) is 0 Å². The molecule has 0 saturated carbocycles. The smallest absolute Gasteiger partial charge is 0.155 e. The SMILES string of the molecule is Brc1ccc2c(c1)CCN2.C=CC(=O)CCCCOC(CC)(CC)CO. The highest BCUT2D eigenvalue weighted by molar-refractivity contribution is 9.10. The molecule has 1 aromatic carbocycles. The van der Waals surface area contributed by atoms with Gasteiger partial charge in [-0.25, -0.2) is 0 Å². The molecule has 1 aliphatic heterocycles. The van der Waals surface area contributed by atoms with Crippen molar-refractivity contribution in [3.8, 4) is 0 Å². The second-order valence-corrected chi connectivity index (χ2v) is 7.42. The number of allylic oxidation sites excluding steroid dienone is 1. The number of rotatable bonds is 10. The van der Waals surface area contributed by atoms with Gasteiger partial charge in [0.15, 0.2) is 5.78 Å². The van der Waals surface area contributed by atoms with E-state index < -0.39 is 0 Å². The fourth-order valence-electron chi connectivity index (χ4n) is 2.79. The van der Waals surface area contributed by atoms with Crippen LogP contribution in [0.1, 0.15) is 51.5 Å². The highest BCUT2D eigenvalue weighted by atomic mass is 79.9. The Labute approximate surface area is 166 Å². The number of aliphatic hydroxyl groups excluding tert-OH is 1. The third-order valence-electron chi connectivity index (χ3n) is 4.81. The lowest BCUT2D eigenvalue weighted by atomic mass is 9.98. The zero-order chi connectivity index (χ0) is 19.4. The highest BCUT2D eigenvalue weighted by Gasteiger charge is 2.25. The van der Waals surface area contributed by atoms with Crippen molar-refractivity contribution >= 4 is 27.4 Å². The van der Waals surface area contributed by atoms with Crippen molar-refractivity contribution in [3.63, 3.8) is 0 Å². The quantitative estimate of drug-likeness (QED) is 0.413. The van der Waals surface area contributed by atoms with E-state index in [9.17, 15) is 9.90 Å². The number of anilines is 1. The van der Waals surface area contributed by atoms with Crippen molar-refractivity contribution in [2.45, 2.75) is 58.0 Å². The standard InChI is InChI=1S/C13H24O3.C8H8BrN/c1-4-12(15)9-7-8-10-16-13(5-2,6-3)11-14;9-7-1-2-8-6(5-7)3-4-10-8/h4,14H,1,5-11H2,2-3H3;1-2,5,10H,3-4H2. The van der Waals surface area contributed by atoms with E-state index in [4.69, 9.17) is 4.74 Å². The summed E-state index contributed by atoms with van der Waals surface area (Å²) in [6, 6.07) is 6.36. The van der Waals surface area contributed by atoms with E-state index in [1.165, 1.54) is 21.8 Å². The van der Waals surface area contributed by atoms with Gasteiger partial charge in [-0.1, -0.05) is 36.4 Å². The molecule has 0 aromatic heterocycles. The number of carbonyl (C=O) groups is 1. The molecule has 146 valence electrons. The monoisotopic (exact) mass is 425 g/mol. The van der Waals surface area contributed by atoms with Crippen LogP contribution in [0.3, 0.4) is 0 Å². The first-order valence-electron chi connectivity index (χ1n) is 9.42. The summed E-state index contributed by atoms with van der Waals surface area (Å²) in [5.41, 5.74) is 2.33. The van der Waals surface area contributed by atoms with Crippen LogP contribution < -0.4 is 5.32 Å². The summed E-state index contributed by atoms with van der Waals surface area (Å²) in [7, 11) is 0. The van der Waals surface area contributed by atoms with E-state index in [1.807, 2.05) is 13.8 Å². The first-order chi connectivity index (χ1) is 12.5. The van der Waals surface area contributed by atoms with Gasteiger partial charge < -0.3 is 15.2 Å². The fourth-order valence-corrected chi connectivity index (χ4v) is 3.20. The Morgan fingerprint density at radius 3 is 2.73 bits per heavy atom. The highest BCUT2D eigenvalue weighted by Crippen LogP contribution is 2.25. The summed E-state index contributed by atoms with van der Waals surface area (Å²) in [4.78, 5) is 10.9. The Bertz CT molecular complexity index is 562. The average molecular weight is 426 g/mol. The number of carbonyl (C=O) groups excluding carboxylic acids is 1. The van der Waals surface area contributed by atoms with Crippen molar-refractivity contribution in [2.24, 2.45) is 0 Å². The summed E-state index contributed by atoms with van der Waals surface area (Å²) in [5.74, 6) is 0.0828. The Kier molecular flexibility index (Phi) is 10.8. The van der Waals surface area contributed by atoms with Crippen molar-refractivity contribution in [2.75, 3.05) is 25.1 Å². The second-order valence-electron chi connectivity index (χ2n) is 6.50. The first kappa shape index (κ1) is 22.9. The molecule has 1 aliphatic rings. The Hall–Kier alpha value is -1.17. The van der Waals surface area contributed by atoms with Gasteiger partial charge in [-0.3, -0.25) is 4.79 Å². The minimum atomic E-state index is -0.386. The molecular weight excluding hydrogens is 394 g/mol. The lowest BCUT2D eigenvalue weighted by Gasteiger charge is -2.29. The molecule has 0 amide bonds. The van der Waals surface area contributed by atoms with Crippen molar-refractivity contribution in [1.29, 1.82) is 0 Å². The van der Waals surface area contributed by atoms with Gasteiger partial charge in [-0.05, 0) is 61.9 Å². The molecule has 5 heteroatoms. The Balaban J connectivity index is 0.000000284. The van der Waals surface area contributed by atoms with E-state index in [0.29, 0.717) is 13.0 Å². The molecule has 0 saturated heterocycles. The van der Waals surface area contributed by atoms with Crippen LogP contribution in [-0.2, 0) is 16.0 Å². The zero-order valence-corrected chi connectivity index (χ0v) is 17.6. The first-order valence-corrected chi connectivity index (χ1v) is 10.2. The van der Waals surface area contributed by atoms with E-state index in [0.717, 1.165) is 38.6 Å². The maximum Gasteiger partial charge on any atom is 0.155 e.